The van der Waals surface area contributed by atoms with Gasteiger partial charge in [0.1, 0.15) is 24.1 Å². The smallest absolute Gasteiger partial charge is 0.347 e. The maximum Gasteiger partial charge on any atom is 0.347 e. The molecule has 1 aromatic carbocycles. The molecule has 2 radical (unpaired) electrons. The first-order valence-electron chi connectivity index (χ1n) is 18.8. The van der Waals surface area contributed by atoms with Crippen LogP contribution in [0, 0.1) is 41.4 Å². The molecule has 9 heteroatoms. The Kier molecular flexibility index (Phi) is 13.2. The fourth-order valence-corrected chi connectivity index (χ4v) is 10.1. The zero-order chi connectivity index (χ0) is 37.2. The quantitative estimate of drug-likeness (QED) is 0.157. The Hall–Kier alpha value is -2.21. The number of allylic oxidation sites excluding steroid dienone is 2. The predicted octanol–water partition coefficient (Wildman–Crippen LogP) is 9.28. The number of hydrogen-bond acceptors (Lipinski definition) is 7. The van der Waals surface area contributed by atoms with Crippen molar-refractivity contribution in [3.8, 4) is 5.75 Å². The van der Waals surface area contributed by atoms with Gasteiger partial charge in [0.25, 0.3) is 0 Å². The minimum absolute atomic E-state index is 0.0235. The average Bonchev–Trinajstić information content (AvgIpc) is 3.00. The van der Waals surface area contributed by atoms with Crippen LogP contribution >= 0.6 is 0 Å². The zero-order valence-electron chi connectivity index (χ0n) is 33.1. The summed E-state index contributed by atoms with van der Waals surface area (Å²) in [5.41, 5.74) is 1.38. The van der Waals surface area contributed by atoms with E-state index in [1.807, 2.05) is 38.1 Å². The molecule has 1 heterocycles. The van der Waals surface area contributed by atoms with Crippen LogP contribution < -0.4 is 4.74 Å². The maximum absolute atomic E-state index is 14.1. The molecule has 9 atom stereocenters. The molecule has 1 fully saturated rings. The standard InChI is InChI=1S/C41H64O7Si2/c1-14-32(45-33-18-16-15-17-26(33)2)37(42)46-34-24-29(39(4,5)6)23-28-20-19-27(3)41(35(28)34,48-50(12)13)22-21-30-25-31(40(7,8)9)36(38(43)44-30)47-49(10)11/h15-20,23,27,29-32,34-36H,14,21-22,24-25H2,1-13H3/t27-,29+,30+,31-,32?,34-,35+,36?,41-/m0/s1. The van der Waals surface area contributed by atoms with Crippen molar-refractivity contribution in [2.75, 3.05) is 0 Å². The number of benzene rings is 1. The third-order valence-electron chi connectivity index (χ3n) is 11.0. The van der Waals surface area contributed by atoms with Gasteiger partial charge in [-0.05, 0) is 99.2 Å². The molecule has 278 valence electrons. The van der Waals surface area contributed by atoms with Crippen LogP contribution in [0.15, 0.2) is 48.1 Å². The number of para-hydroxylation sites is 1. The lowest BCUT2D eigenvalue weighted by molar-refractivity contribution is -0.180. The van der Waals surface area contributed by atoms with E-state index in [-0.39, 0.29) is 52.5 Å². The molecule has 2 aliphatic carbocycles. The summed E-state index contributed by atoms with van der Waals surface area (Å²) in [6.45, 7) is 28.0. The van der Waals surface area contributed by atoms with Gasteiger partial charge in [0.15, 0.2) is 6.10 Å². The summed E-state index contributed by atoms with van der Waals surface area (Å²) < 4.78 is 32.6. The van der Waals surface area contributed by atoms with Gasteiger partial charge < -0.3 is 23.1 Å². The summed E-state index contributed by atoms with van der Waals surface area (Å²) in [7, 11) is -2.29. The molecular weight excluding hydrogens is 661 g/mol. The summed E-state index contributed by atoms with van der Waals surface area (Å²) in [6.07, 6.45) is 8.30. The first kappa shape index (κ1) is 40.6. The zero-order valence-corrected chi connectivity index (χ0v) is 35.1. The SMILES string of the molecule is CCC(Oc1ccccc1C)C(=O)O[C@H]1C[C@H](C(C)(C)C)C=C2C=C[C@H](C)[C@](CC[C@@H]3C[C@H](C(C)(C)C)C(O[Si](C)C)C(=O)O3)(O[Si](C)C)[C@H]21. The van der Waals surface area contributed by atoms with Gasteiger partial charge in [0, 0.05) is 17.8 Å². The van der Waals surface area contributed by atoms with Crippen LogP contribution in [0.3, 0.4) is 0 Å². The lowest BCUT2D eigenvalue weighted by Gasteiger charge is -2.54. The average molecular weight is 725 g/mol. The molecule has 4 rings (SSSR count). The Bertz CT molecular complexity index is 1390. The number of ether oxygens (including phenoxy) is 3. The maximum atomic E-state index is 14.1. The molecule has 0 amide bonds. The molecule has 0 aromatic heterocycles. The van der Waals surface area contributed by atoms with Gasteiger partial charge in [-0.2, -0.15) is 0 Å². The van der Waals surface area contributed by atoms with Crippen molar-refractivity contribution >= 4 is 30.0 Å². The minimum Gasteiger partial charge on any atom is -0.478 e. The molecule has 0 bridgehead atoms. The third kappa shape index (κ3) is 9.41. The Morgan fingerprint density at radius 1 is 1.02 bits per heavy atom. The van der Waals surface area contributed by atoms with E-state index in [4.69, 9.17) is 23.1 Å². The van der Waals surface area contributed by atoms with Gasteiger partial charge in [0.2, 0.25) is 18.1 Å². The number of esters is 2. The van der Waals surface area contributed by atoms with E-state index in [1.54, 1.807) is 0 Å². The summed E-state index contributed by atoms with van der Waals surface area (Å²) in [4.78, 5) is 27.6. The highest BCUT2D eigenvalue weighted by molar-refractivity contribution is 6.49. The monoisotopic (exact) mass is 724 g/mol. The Morgan fingerprint density at radius 2 is 1.70 bits per heavy atom. The van der Waals surface area contributed by atoms with Gasteiger partial charge in [-0.3, -0.25) is 0 Å². The lowest BCUT2D eigenvalue weighted by atomic mass is 9.59. The number of fused-ring (bicyclic) bond motifs is 1. The number of cyclic esters (lactones) is 1. The molecular formula is C41H64O7Si2. The molecule has 0 saturated carbocycles. The second-order valence-electron chi connectivity index (χ2n) is 17.5. The van der Waals surface area contributed by atoms with Crippen molar-refractivity contribution in [3.05, 3.63) is 53.6 Å². The molecule has 1 aliphatic heterocycles. The topological polar surface area (TPSA) is 80.3 Å². The van der Waals surface area contributed by atoms with Gasteiger partial charge in [-0.15, -0.1) is 0 Å². The van der Waals surface area contributed by atoms with Gasteiger partial charge in [-0.25, -0.2) is 9.59 Å². The fraction of sp³-hybridized carbons (Fsp3) is 0.707. The van der Waals surface area contributed by atoms with Crippen molar-refractivity contribution in [1.29, 1.82) is 0 Å². The van der Waals surface area contributed by atoms with Crippen LogP contribution in [0.1, 0.15) is 93.1 Å². The molecule has 50 heavy (non-hydrogen) atoms. The molecule has 1 saturated heterocycles. The van der Waals surface area contributed by atoms with Crippen LogP contribution in [0.2, 0.25) is 26.2 Å². The molecule has 2 unspecified atom stereocenters. The number of rotatable bonds is 12. The van der Waals surface area contributed by atoms with Crippen molar-refractivity contribution in [2.24, 2.45) is 34.5 Å². The third-order valence-corrected chi connectivity index (χ3v) is 12.5. The lowest BCUT2D eigenvalue weighted by Crippen LogP contribution is -2.58. The molecule has 7 nitrogen and oxygen atoms in total. The summed E-state index contributed by atoms with van der Waals surface area (Å²) in [5, 5.41) is 0. The molecule has 3 aliphatic rings. The van der Waals surface area contributed by atoms with Crippen molar-refractivity contribution in [3.63, 3.8) is 0 Å². The molecule has 1 aromatic rings. The van der Waals surface area contributed by atoms with Crippen molar-refractivity contribution in [2.45, 2.75) is 151 Å². The Balaban J connectivity index is 1.69. The highest BCUT2D eigenvalue weighted by atomic mass is 28.3. The van der Waals surface area contributed by atoms with Crippen molar-refractivity contribution < 1.29 is 32.7 Å². The predicted molar refractivity (Wildman–Crippen MR) is 204 cm³/mol. The normalized spacial score (nSPS) is 30.8. The van der Waals surface area contributed by atoms with Crippen LogP contribution in [0.5, 0.6) is 5.75 Å². The Labute approximate surface area is 306 Å². The highest BCUT2D eigenvalue weighted by Gasteiger charge is 2.55. The first-order valence-corrected chi connectivity index (χ1v) is 23.6. The number of aryl methyl sites for hydroxylation is 1. The van der Waals surface area contributed by atoms with Crippen LogP contribution in [0.4, 0.5) is 0 Å². The minimum atomic E-state index is -1.20. The largest absolute Gasteiger partial charge is 0.478 e. The number of hydrogen-bond donors (Lipinski definition) is 0. The van der Waals surface area contributed by atoms with E-state index in [0.29, 0.717) is 31.4 Å². The number of carbonyl (C=O) groups is 2. The van der Waals surface area contributed by atoms with Crippen molar-refractivity contribution in [1.82, 2.24) is 0 Å². The fourth-order valence-electron chi connectivity index (χ4n) is 8.12. The summed E-state index contributed by atoms with van der Waals surface area (Å²) in [6, 6.07) is 7.79. The molecule has 0 N–H and O–H groups in total. The Morgan fingerprint density at radius 3 is 2.28 bits per heavy atom. The van der Waals surface area contributed by atoms with E-state index < -0.39 is 42.0 Å². The second kappa shape index (κ2) is 16.2. The summed E-state index contributed by atoms with van der Waals surface area (Å²) in [5.74, 6) is 0.269. The van der Waals surface area contributed by atoms with E-state index >= 15 is 0 Å². The van der Waals surface area contributed by atoms with Gasteiger partial charge >= 0.3 is 11.9 Å². The van der Waals surface area contributed by atoms with E-state index in [0.717, 1.165) is 12.0 Å². The van der Waals surface area contributed by atoms with Crippen LogP contribution in [-0.4, -0.2) is 60.0 Å². The molecule has 0 spiro atoms. The number of carbonyl (C=O) groups excluding carboxylic acids is 2. The highest BCUT2D eigenvalue weighted by Crippen LogP contribution is 2.53. The van der Waals surface area contributed by atoms with Crippen LogP contribution in [0.25, 0.3) is 0 Å². The van der Waals surface area contributed by atoms with E-state index in [1.165, 1.54) is 5.57 Å². The second-order valence-corrected chi connectivity index (χ2v) is 21.5. The van der Waals surface area contributed by atoms with E-state index in [2.05, 4.69) is 92.9 Å². The summed E-state index contributed by atoms with van der Waals surface area (Å²) >= 11 is 0. The van der Waals surface area contributed by atoms with E-state index in [9.17, 15) is 9.59 Å². The van der Waals surface area contributed by atoms with Gasteiger partial charge in [-0.1, -0.05) is 91.8 Å². The van der Waals surface area contributed by atoms with Gasteiger partial charge in [0.05, 0.1) is 5.60 Å². The first-order chi connectivity index (χ1) is 23.3. The van der Waals surface area contributed by atoms with Crippen LogP contribution in [-0.2, 0) is 27.9 Å².